The van der Waals surface area contributed by atoms with Crippen LogP contribution < -0.4 is 10.5 Å². The molecule has 1 saturated heterocycles. The Morgan fingerprint density at radius 1 is 1.25 bits per heavy atom. The Balaban J connectivity index is 1.32. The van der Waals surface area contributed by atoms with Gasteiger partial charge in [-0.15, -0.1) is 0 Å². The Morgan fingerprint density at radius 2 is 2.09 bits per heavy atom. The molecule has 0 bridgehead atoms. The van der Waals surface area contributed by atoms with Gasteiger partial charge in [-0.25, -0.2) is 4.98 Å². The minimum absolute atomic E-state index is 0.304. The molecule has 5 rings (SSSR count). The van der Waals surface area contributed by atoms with Gasteiger partial charge in [-0.1, -0.05) is 12.1 Å². The third kappa shape index (κ3) is 4.22. The number of benzene rings is 1. The summed E-state index contributed by atoms with van der Waals surface area (Å²) in [7, 11) is 0. The molecule has 2 N–H and O–H groups in total. The van der Waals surface area contributed by atoms with E-state index in [4.69, 9.17) is 19.9 Å². The maximum atomic E-state index is 11.1. The topological polar surface area (TPSA) is 98.9 Å². The van der Waals surface area contributed by atoms with Crippen LogP contribution in [0.25, 0.3) is 17.1 Å². The average molecular weight is 431 g/mol. The number of anilines is 1. The normalized spacial score (nSPS) is 17.0. The molecule has 0 amide bonds. The van der Waals surface area contributed by atoms with Crippen molar-refractivity contribution in [1.82, 2.24) is 19.5 Å². The first kappa shape index (κ1) is 20.3. The summed E-state index contributed by atoms with van der Waals surface area (Å²) in [5.74, 6) is 1.83. The van der Waals surface area contributed by atoms with Crippen molar-refractivity contribution in [3.8, 4) is 17.2 Å². The molecule has 1 aliphatic rings. The molecule has 1 aliphatic heterocycles. The van der Waals surface area contributed by atoms with Gasteiger partial charge in [0.2, 0.25) is 0 Å². The molecule has 0 radical (unpaired) electrons. The van der Waals surface area contributed by atoms with Crippen LogP contribution >= 0.6 is 0 Å². The number of likely N-dealkylation sites (tertiary alicyclic amines) is 1. The summed E-state index contributed by atoms with van der Waals surface area (Å²) in [4.78, 5) is 18.4. The first-order chi connectivity index (χ1) is 15.5. The summed E-state index contributed by atoms with van der Waals surface area (Å²) >= 11 is 0. The zero-order valence-electron chi connectivity index (χ0n) is 17.9. The average Bonchev–Trinajstić information content (AvgIpc) is 3.45. The number of furan rings is 1. The van der Waals surface area contributed by atoms with Gasteiger partial charge in [0.1, 0.15) is 17.3 Å². The quantitative estimate of drug-likeness (QED) is 0.378. The first-order valence-electron chi connectivity index (χ1n) is 10.7. The van der Waals surface area contributed by atoms with Crippen LogP contribution in [0.3, 0.4) is 0 Å². The minimum Gasteiger partial charge on any atom is -0.463 e. The van der Waals surface area contributed by atoms with Gasteiger partial charge < -0.3 is 14.9 Å². The lowest BCUT2D eigenvalue weighted by Gasteiger charge is -2.32. The highest BCUT2D eigenvalue weighted by atomic mass is 16.5. The standard InChI is InChI=1S/C24H25N5O3/c1-16(30)32-19-8-6-17(7-9-19)14-28-10-2-4-18(15-28)20-12-23(25)29-24(26-20)13-21(27-29)22-5-3-11-31-22/h3,5-9,11-13,18H,2,4,10,14-15,25H2,1H3/t18-/m0/s1. The van der Waals surface area contributed by atoms with E-state index < -0.39 is 0 Å². The molecule has 3 aromatic heterocycles. The van der Waals surface area contributed by atoms with E-state index in [9.17, 15) is 4.79 Å². The number of hydrogen-bond donors (Lipinski definition) is 1. The predicted octanol–water partition coefficient (Wildman–Crippen LogP) is 3.88. The van der Waals surface area contributed by atoms with Crippen LogP contribution in [0.2, 0.25) is 0 Å². The van der Waals surface area contributed by atoms with Crippen molar-refractivity contribution in [3.63, 3.8) is 0 Å². The summed E-state index contributed by atoms with van der Waals surface area (Å²) in [5, 5.41) is 4.53. The van der Waals surface area contributed by atoms with Crippen LogP contribution in [0.4, 0.5) is 5.82 Å². The molecule has 0 spiro atoms. The van der Waals surface area contributed by atoms with E-state index in [0.29, 0.717) is 28.9 Å². The van der Waals surface area contributed by atoms with E-state index in [1.165, 1.54) is 12.5 Å². The molecular formula is C24H25N5O3. The van der Waals surface area contributed by atoms with Gasteiger partial charge in [0.15, 0.2) is 11.4 Å². The van der Waals surface area contributed by atoms with Crippen molar-refractivity contribution in [2.45, 2.75) is 32.2 Å². The number of piperidine rings is 1. The number of rotatable bonds is 5. The van der Waals surface area contributed by atoms with E-state index in [2.05, 4.69) is 10.00 Å². The van der Waals surface area contributed by atoms with E-state index in [0.717, 1.165) is 43.8 Å². The van der Waals surface area contributed by atoms with Crippen molar-refractivity contribution in [1.29, 1.82) is 0 Å². The number of fused-ring (bicyclic) bond motifs is 1. The second-order valence-corrected chi connectivity index (χ2v) is 8.19. The Kier molecular flexibility index (Phi) is 5.36. The van der Waals surface area contributed by atoms with Crippen LogP contribution in [-0.4, -0.2) is 38.6 Å². The van der Waals surface area contributed by atoms with E-state index in [1.807, 2.05) is 48.5 Å². The smallest absolute Gasteiger partial charge is 0.308 e. The highest BCUT2D eigenvalue weighted by Crippen LogP contribution is 2.29. The van der Waals surface area contributed by atoms with Crippen LogP contribution in [0.5, 0.6) is 5.75 Å². The molecule has 1 atom stereocenters. The lowest BCUT2D eigenvalue weighted by molar-refractivity contribution is -0.131. The Labute approximate surface area is 185 Å². The van der Waals surface area contributed by atoms with Gasteiger partial charge in [-0.3, -0.25) is 9.69 Å². The van der Waals surface area contributed by atoms with Crippen molar-refractivity contribution < 1.29 is 13.9 Å². The Morgan fingerprint density at radius 3 is 2.84 bits per heavy atom. The number of carbonyl (C=O) groups is 1. The largest absolute Gasteiger partial charge is 0.463 e. The first-order valence-corrected chi connectivity index (χ1v) is 10.7. The van der Waals surface area contributed by atoms with Crippen molar-refractivity contribution in [2.24, 2.45) is 0 Å². The predicted molar refractivity (Wildman–Crippen MR) is 120 cm³/mol. The van der Waals surface area contributed by atoms with E-state index in [-0.39, 0.29) is 5.97 Å². The van der Waals surface area contributed by atoms with Crippen molar-refractivity contribution in [3.05, 3.63) is 66.1 Å². The third-order valence-corrected chi connectivity index (χ3v) is 5.76. The summed E-state index contributed by atoms with van der Waals surface area (Å²) in [6.45, 7) is 4.19. The number of hydrogen-bond acceptors (Lipinski definition) is 7. The summed E-state index contributed by atoms with van der Waals surface area (Å²) < 4.78 is 12.2. The summed E-state index contributed by atoms with van der Waals surface area (Å²) in [6.07, 6.45) is 3.80. The summed E-state index contributed by atoms with van der Waals surface area (Å²) in [6, 6.07) is 15.2. The molecule has 0 saturated carbocycles. The number of nitrogens with two attached hydrogens (primary N) is 1. The van der Waals surface area contributed by atoms with E-state index >= 15 is 0 Å². The van der Waals surface area contributed by atoms with Gasteiger partial charge in [0, 0.05) is 38.1 Å². The lowest BCUT2D eigenvalue weighted by atomic mass is 9.94. The van der Waals surface area contributed by atoms with Gasteiger partial charge >= 0.3 is 5.97 Å². The number of aromatic nitrogens is 3. The van der Waals surface area contributed by atoms with Gasteiger partial charge in [-0.05, 0) is 49.2 Å². The SMILES string of the molecule is CC(=O)Oc1ccc(CN2CCC[C@H](c3cc(N)n4nc(-c5ccco5)cc4n3)C2)cc1. The fourth-order valence-corrected chi connectivity index (χ4v) is 4.30. The van der Waals surface area contributed by atoms with Gasteiger partial charge in [0.25, 0.3) is 0 Å². The molecule has 1 fully saturated rings. The zero-order valence-corrected chi connectivity index (χ0v) is 17.9. The highest BCUT2D eigenvalue weighted by Gasteiger charge is 2.24. The number of nitrogen functional groups attached to an aromatic ring is 1. The number of esters is 1. The molecule has 164 valence electrons. The van der Waals surface area contributed by atoms with Gasteiger partial charge in [-0.2, -0.15) is 9.61 Å². The van der Waals surface area contributed by atoms with Gasteiger partial charge in [0.05, 0.1) is 12.0 Å². The van der Waals surface area contributed by atoms with Crippen LogP contribution in [0, 0.1) is 0 Å². The fourth-order valence-electron chi connectivity index (χ4n) is 4.30. The monoisotopic (exact) mass is 431 g/mol. The maximum absolute atomic E-state index is 11.1. The summed E-state index contributed by atoms with van der Waals surface area (Å²) in [5.41, 5.74) is 9.94. The van der Waals surface area contributed by atoms with Crippen LogP contribution in [0.15, 0.2) is 59.2 Å². The third-order valence-electron chi connectivity index (χ3n) is 5.76. The van der Waals surface area contributed by atoms with E-state index in [1.54, 1.807) is 10.8 Å². The maximum Gasteiger partial charge on any atom is 0.308 e. The number of ether oxygens (including phenoxy) is 1. The molecule has 0 unspecified atom stereocenters. The lowest BCUT2D eigenvalue weighted by Crippen LogP contribution is -2.34. The molecule has 4 heterocycles. The zero-order chi connectivity index (χ0) is 22.1. The molecule has 4 aromatic rings. The number of carbonyl (C=O) groups excluding carboxylic acids is 1. The molecule has 1 aromatic carbocycles. The fraction of sp³-hybridized carbons (Fsp3) is 0.292. The molecule has 8 nitrogen and oxygen atoms in total. The molecule has 0 aliphatic carbocycles. The van der Waals surface area contributed by atoms with Crippen molar-refractivity contribution in [2.75, 3.05) is 18.8 Å². The molecular weight excluding hydrogens is 406 g/mol. The molecule has 32 heavy (non-hydrogen) atoms. The van der Waals surface area contributed by atoms with Crippen LogP contribution in [0.1, 0.15) is 36.9 Å². The Bertz CT molecular complexity index is 1230. The number of nitrogens with zero attached hydrogens (tertiary/aromatic N) is 4. The molecule has 8 heteroatoms. The van der Waals surface area contributed by atoms with Crippen molar-refractivity contribution >= 4 is 17.4 Å². The second-order valence-electron chi connectivity index (χ2n) is 8.19. The van der Waals surface area contributed by atoms with Crippen LogP contribution in [-0.2, 0) is 11.3 Å². The second kappa shape index (κ2) is 8.47. The highest BCUT2D eigenvalue weighted by molar-refractivity contribution is 5.69. The minimum atomic E-state index is -0.310. The Hall–Kier alpha value is -3.65.